The topological polar surface area (TPSA) is 69.3 Å². The number of H-pyrrole nitrogens is 1. The van der Waals surface area contributed by atoms with Crippen LogP contribution in [0, 0.1) is 19.7 Å². The van der Waals surface area contributed by atoms with E-state index in [0.717, 1.165) is 38.0 Å². The van der Waals surface area contributed by atoms with Gasteiger partial charge in [-0.2, -0.15) is 9.40 Å². The van der Waals surface area contributed by atoms with Gasteiger partial charge in [-0.05, 0) is 50.9 Å². The molecule has 0 spiro atoms. The fourth-order valence-electron chi connectivity index (χ4n) is 3.40. The van der Waals surface area contributed by atoms with Gasteiger partial charge < -0.3 is 4.90 Å². The number of piperazine rings is 1. The molecule has 0 amide bonds. The van der Waals surface area contributed by atoms with Gasteiger partial charge in [0.2, 0.25) is 10.0 Å². The van der Waals surface area contributed by atoms with Crippen LogP contribution in [0.15, 0.2) is 29.2 Å². The van der Waals surface area contributed by atoms with Gasteiger partial charge in [-0.3, -0.25) is 5.10 Å². The molecule has 1 N–H and O–H groups in total. The number of aromatic nitrogens is 2. The second-order valence-electron chi connectivity index (χ2n) is 6.74. The maximum absolute atomic E-state index is 12.9. The van der Waals surface area contributed by atoms with Crippen LogP contribution in [0.5, 0.6) is 0 Å². The van der Waals surface area contributed by atoms with Crippen LogP contribution < -0.4 is 0 Å². The maximum Gasteiger partial charge on any atom is 0.246 e. The van der Waals surface area contributed by atoms with Gasteiger partial charge in [-0.1, -0.05) is 12.1 Å². The monoisotopic (exact) mass is 380 g/mol. The van der Waals surface area contributed by atoms with Gasteiger partial charge >= 0.3 is 0 Å². The first-order valence-corrected chi connectivity index (χ1v) is 10.3. The molecule has 0 unspecified atom stereocenters. The molecule has 26 heavy (non-hydrogen) atoms. The van der Waals surface area contributed by atoms with Crippen LogP contribution in [-0.4, -0.2) is 60.5 Å². The third kappa shape index (κ3) is 4.13. The number of nitrogens with one attached hydrogen (secondary N) is 1. The van der Waals surface area contributed by atoms with Crippen LogP contribution in [0.1, 0.15) is 23.4 Å². The summed E-state index contributed by atoms with van der Waals surface area (Å²) in [7, 11) is -3.49. The van der Waals surface area contributed by atoms with Crippen LogP contribution in [0.3, 0.4) is 0 Å². The lowest BCUT2D eigenvalue weighted by Crippen LogP contribution is -2.48. The quantitative estimate of drug-likeness (QED) is 0.833. The number of benzene rings is 1. The first-order chi connectivity index (χ1) is 12.4. The lowest BCUT2D eigenvalue weighted by Gasteiger charge is -2.34. The Morgan fingerprint density at radius 1 is 1.12 bits per heavy atom. The Morgan fingerprint density at radius 2 is 1.77 bits per heavy atom. The fourth-order valence-corrected chi connectivity index (χ4v) is 5.15. The molecule has 0 saturated carbocycles. The fraction of sp³-hybridized carbons (Fsp3) is 0.500. The van der Waals surface area contributed by atoms with Crippen molar-refractivity contribution in [2.24, 2.45) is 0 Å². The largest absolute Gasteiger partial charge is 0.301 e. The highest BCUT2D eigenvalue weighted by molar-refractivity contribution is 7.89. The minimum atomic E-state index is -3.49. The van der Waals surface area contributed by atoms with Crippen molar-refractivity contribution < 1.29 is 12.8 Å². The van der Waals surface area contributed by atoms with Gasteiger partial charge in [0.05, 0.1) is 11.4 Å². The predicted octanol–water partition coefficient (Wildman–Crippen LogP) is 2.10. The highest BCUT2D eigenvalue weighted by atomic mass is 32.2. The van der Waals surface area contributed by atoms with Crippen LogP contribution in [0.4, 0.5) is 4.39 Å². The van der Waals surface area contributed by atoms with Crippen molar-refractivity contribution in [2.45, 2.75) is 31.6 Å². The summed E-state index contributed by atoms with van der Waals surface area (Å²) in [6.45, 7) is 6.78. The summed E-state index contributed by atoms with van der Waals surface area (Å²) >= 11 is 0. The average molecular weight is 380 g/mol. The highest BCUT2D eigenvalue weighted by Crippen LogP contribution is 2.22. The molecule has 1 saturated heterocycles. The molecule has 1 aromatic carbocycles. The van der Waals surface area contributed by atoms with E-state index in [1.807, 2.05) is 12.1 Å². The van der Waals surface area contributed by atoms with Gasteiger partial charge in [0.1, 0.15) is 10.7 Å². The van der Waals surface area contributed by atoms with E-state index in [-0.39, 0.29) is 5.82 Å². The second-order valence-corrected chi connectivity index (χ2v) is 8.61. The number of rotatable bonds is 6. The summed E-state index contributed by atoms with van der Waals surface area (Å²) in [4.78, 5) is 2.59. The molecule has 0 bridgehead atoms. The number of sulfonamides is 1. The van der Waals surface area contributed by atoms with Crippen molar-refractivity contribution >= 4 is 10.0 Å². The van der Waals surface area contributed by atoms with E-state index in [0.29, 0.717) is 29.4 Å². The van der Waals surface area contributed by atoms with E-state index in [4.69, 9.17) is 0 Å². The lowest BCUT2D eigenvalue weighted by molar-refractivity contribution is 0.186. The molecule has 2 aromatic rings. The lowest BCUT2D eigenvalue weighted by atomic mass is 10.1. The first kappa shape index (κ1) is 19.0. The summed E-state index contributed by atoms with van der Waals surface area (Å²) in [5.41, 5.74) is 2.23. The molecule has 1 aliphatic rings. The highest BCUT2D eigenvalue weighted by Gasteiger charge is 2.31. The SMILES string of the molecule is Cc1n[nH]c(C)c1S(=O)(=O)N1CCN(CCCc2ccc(F)cc2)CC1. The normalized spacial score (nSPS) is 16.9. The minimum Gasteiger partial charge on any atom is -0.301 e. The first-order valence-electron chi connectivity index (χ1n) is 8.86. The Kier molecular flexibility index (Phi) is 5.74. The Hall–Kier alpha value is -1.77. The molecule has 1 aliphatic heterocycles. The zero-order valence-corrected chi connectivity index (χ0v) is 16.0. The molecular weight excluding hydrogens is 355 g/mol. The van der Waals surface area contributed by atoms with Crippen LogP contribution in [0.2, 0.25) is 0 Å². The molecule has 0 radical (unpaired) electrons. The molecule has 0 atom stereocenters. The average Bonchev–Trinajstić information content (AvgIpc) is 2.96. The zero-order valence-electron chi connectivity index (χ0n) is 15.2. The number of hydrogen-bond donors (Lipinski definition) is 1. The summed E-state index contributed by atoms with van der Waals surface area (Å²) in [6, 6.07) is 6.60. The zero-order chi connectivity index (χ0) is 18.7. The molecule has 0 aliphatic carbocycles. The molecule has 142 valence electrons. The molecule has 8 heteroatoms. The van der Waals surface area contributed by atoms with Crippen LogP contribution >= 0.6 is 0 Å². The van der Waals surface area contributed by atoms with Gasteiger partial charge in [0.25, 0.3) is 0 Å². The molecule has 6 nitrogen and oxygen atoms in total. The van der Waals surface area contributed by atoms with Gasteiger partial charge in [-0.15, -0.1) is 0 Å². The molecule has 2 heterocycles. The third-order valence-corrected chi connectivity index (χ3v) is 7.01. The number of halogens is 1. The smallest absolute Gasteiger partial charge is 0.246 e. The number of aromatic amines is 1. The summed E-state index contributed by atoms with van der Waals surface area (Å²) in [6.07, 6.45) is 1.87. The van der Waals surface area contributed by atoms with Gasteiger partial charge in [-0.25, -0.2) is 12.8 Å². The van der Waals surface area contributed by atoms with Crippen LogP contribution in [-0.2, 0) is 16.4 Å². The molecule has 1 fully saturated rings. The summed E-state index contributed by atoms with van der Waals surface area (Å²) in [5, 5.41) is 6.75. The van der Waals surface area contributed by atoms with Crippen molar-refractivity contribution in [1.29, 1.82) is 0 Å². The number of aryl methyl sites for hydroxylation is 3. The second kappa shape index (κ2) is 7.85. The van der Waals surface area contributed by atoms with E-state index in [1.165, 1.54) is 12.1 Å². The van der Waals surface area contributed by atoms with E-state index in [9.17, 15) is 12.8 Å². The Balaban J connectivity index is 1.50. The predicted molar refractivity (Wildman–Crippen MR) is 98.0 cm³/mol. The Labute approximate surface area is 154 Å². The van der Waals surface area contributed by atoms with Gasteiger partial charge in [0, 0.05) is 26.2 Å². The Morgan fingerprint density at radius 3 is 2.35 bits per heavy atom. The van der Waals surface area contributed by atoms with Crippen molar-refractivity contribution in [3.8, 4) is 0 Å². The van der Waals surface area contributed by atoms with Crippen molar-refractivity contribution in [1.82, 2.24) is 19.4 Å². The summed E-state index contributed by atoms with van der Waals surface area (Å²) < 4.78 is 40.1. The molecule has 1 aromatic heterocycles. The van der Waals surface area contributed by atoms with E-state index in [1.54, 1.807) is 18.2 Å². The van der Waals surface area contributed by atoms with Crippen LogP contribution in [0.25, 0.3) is 0 Å². The van der Waals surface area contributed by atoms with Crippen molar-refractivity contribution in [3.63, 3.8) is 0 Å². The third-order valence-electron chi connectivity index (χ3n) is 4.84. The van der Waals surface area contributed by atoms with Crippen molar-refractivity contribution in [3.05, 3.63) is 47.0 Å². The number of hydrogen-bond acceptors (Lipinski definition) is 4. The number of nitrogens with zero attached hydrogens (tertiary/aromatic N) is 3. The molecule has 3 rings (SSSR count). The van der Waals surface area contributed by atoms with E-state index in [2.05, 4.69) is 15.1 Å². The minimum absolute atomic E-state index is 0.214. The van der Waals surface area contributed by atoms with E-state index < -0.39 is 10.0 Å². The molecular formula is C18H25FN4O2S. The standard InChI is InChI=1S/C18H25FN4O2S/c1-14-18(15(2)21-20-14)26(24,25)23-12-10-22(11-13-23)9-3-4-16-5-7-17(19)8-6-16/h5-8H,3-4,9-13H2,1-2H3,(H,20,21). The summed E-state index contributed by atoms with van der Waals surface area (Å²) in [5.74, 6) is -0.214. The van der Waals surface area contributed by atoms with Crippen molar-refractivity contribution in [2.75, 3.05) is 32.7 Å². The van der Waals surface area contributed by atoms with Gasteiger partial charge in [0.15, 0.2) is 0 Å². The Bertz CT molecular complexity index is 821. The maximum atomic E-state index is 12.9. The van der Waals surface area contributed by atoms with E-state index >= 15 is 0 Å².